The topological polar surface area (TPSA) is 93.5 Å². The number of aryl methyl sites for hydroxylation is 2. The summed E-state index contributed by atoms with van der Waals surface area (Å²) in [5.74, 6) is 1.49. The fourth-order valence-corrected chi connectivity index (χ4v) is 3.14. The molecule has 2 amide bonds. The first kappa shape index (κ1) is 19.6. The lowest BCUT2D eigenvalue weighted by Gasteiger charge is -2.09. The number of benzene rings is 1. The average molecular weight is 399 g/mol. The summed E-state index contributed by atoms with van der Waals surface area (Å²) in [5, 5.41) is 7.66. The van der Waals surface area contributed by atoms with Gasteiger partial charge in [0.2, 0.25) is 5.91 Å². The Hall–Kier alpha value is -3.13. The minimum atomic E-state index is -0.285. The maximum atomic E-state index is 12.1. The summed E-state index contributed by atoms with van der Waals surface area (Å²) in [6.07, 6.45) is 0. The van der Waals surface area contributed by atoms with Crippen LogP contribution in [-0.4, -0.2) is 23.4 Å². The molecule has 0 saturated heterocycles. The van der Waals surface area contributed by atoms with Crippen molar-refractivity contribution in [3.8, 4) is 17.2 Å². The number of thiazole rings is 1. The van der Waals surface area contributed by atoms with E-state index >= 15 is 0 Å². The summed E-state index contributed by atoms with van der Waals surface area (Å²) in [6.45, 7) is 5.58. The maximum absolute atomic E-state index is 12.1. The Labute approximate surface area is 166 Å². The number of hydrogen-bond acceptors (Lipinski definition) is 6. The Bertz CT molecular complexity index is 993. The second kappa shape index (κ2) is 8.71. The highest BCUT2D eigenvalue weighted by Crippen LogP contribution is 2.26. The minimum absolute atomic E-state index is 0.0964. The standard InChI is InChI=1S/C20H21N3O4S/c1-12-4-5-13(2)18(8-12)26-10-19(25)23-20-22-16(11-28-20)17-7-6-15(27-17)9-21-14(3)24/h4-8,11H,9-10H2,1-3H3,(H,21,24)(H,22,23,25). The highest BCUT2D eigenvalue weighted by atomic mass is 32.1. The Morgan fingerprint density at radius 1 is 1.21 bits per heavy atom. The molecule has 0 radical (unpaired) electrons. The molecule has 2 heterocycles. The maximum Gasteiger partial charge on any atom is 0.264 e. The van der Waals surface area contributed by atoms with E-state index in [1.165, 1.54) is 18.3 Å². The first-order valence-electron chi connectivity index (χ1n) is 8.69. The van der Waals surface area contributed by atoms with Crippen LogP contribution in [0.3, 0.4) is 0 Å². The predicted molar refractivity (Wildman–Crippen MR) is 107 cm³/mol. The summed E-state index contributed by atoms with van der Waals surface area (Å²) in [7, 11) is 0. The van der Waals surface area contributed by atoms with E-state index < -0.39 is 0 Å². The molecule has 0 saturated carbocycles. The minimum Gasteiger partial charge on any atom is -0.483 e. The van der Waals surface area contributed by atoms with Crippen molar-refractivity contribution in [2.75, 3.05) is 11.9 Å². The van der Waals surface area contributed by atoms with Crippen molar-refractivity contribution in [1.82, 2.24) is 10.3 Å². The Morgan fingerprint density at radius 3 is 2.82 bits per heavy atom. The van der Waals surface area contributed by atoms with Crippen molar-refractivity contribution in [2.45, 2.75) is 27.3 Å². The van der Waals surface area contributed by atoms with E-state index in [2.05, 4.69) is 15.6 Å². The van der Waals surface area contributed by atoms with Crippen LogP contribution in [0.5, 0.6) is 5.75 Å². The first-order chi connectivity index (χ1) is 13.4. The smallest absolute Gasteiger partial charge is 0.264 e. The molecular formula is C20H21N3O4S. The lowest BCUT2D eigenvalue weighted by Crippen LogP contribution is -2.20. The Morgan fingerprint density at radius 2 is 2.04 bits per heavy atom. The third kappa shape index (κ3) is 5.20. The predicted octanol–water partition coefficient (Wildman–Crippen LogP) is 3.67. The van der Waals surface area contributed by atoms with Crippen molar-refractivity contribution in [1.29, 1.82) is 0 Å². The zero-order valence-electron chi connectivity index (χ0n) is 15.9. The average Bonchev–Trinajstić information content (AvgIpc) is 3.30. The molecule has 2 aromatic heterocycles. The van der Waals surface area contributed by atoms with E-state index in [4.69, 9.17) is 9.15 Å². The van der Waals surface area contributed by atoms with Crippen molar-refractivity contribution < 1.29 is 18.7 Å². The van der Waals surface area contributed by atoms with E-state index in [1.54, 1.807) is 17.5 Å². The van der Waals surface area contributed by atoms with Crippen molar-refractivity contribution in [3.05, 3.63) is 52.6 Å². The van der Waals surface area contributed by atoms with E-state index in [0.29, 0.717) is 34.6 Å². The van der Waals surface area contributed by atoms with Crippen LogP contribution in [-0.2, 0) is 16.1 Å². The molecule has 0 aliphatic heterocycles. The number of amides is 2. The van der Waals surface area contributed by atoms with Gasteiger partial charge in [-0.2, -0.15) is 0 Å². The number of hydrogen-bond donors (Lipinski definition) is 2. The van der Waals surface area contributed by atoms with Gasteiger partial charge >= 0.3 is 0 Å². The van der Waals surface area contributed by atoms with Gasteiger partial charge < -0.3 is 14.5 Å². The molecule has 0 unspecified atom stereocenters. The van der Waals surface area contributed by atoms with Gasteiger partial charge in [0.15, 0.2) is 17.5 Å². The summed E-state index contributed by atoms with van der Waals surface area (Å²) < 4.78 is 11.3. The zero-order valence-corrected chi connectivity index (χ0v) is 16.7. The van der Waals surface area contributed by atoms with Crippen LogP contribution < -0.4 is 15.4 Å². The second-order valence-corrected chi connectivity index (χ2v) is 7.18. The van der Waals surface area contributed by atoms with Gasteiger partial charge in [-0.3, -0.25) is 14.9 Å². The lowest BCUT2D eigenvalue weighted by atomic mass is 10.1. The molecule has 0 aliphatic rings. The summed E-state index contributed by atoms with van der Waals surface area (Å²) in [4.78, 5) is 27.5. The SMILES string of the molecule is CC(=O)NCc1ccc(-c2csc(NC(=O)COc3cc(C)ccc3C)n2)o1. The van der Waals surface area contributed by atoms with Gasteiger partial charge in [-0.15, -0.1) is 11.3 Å². The molecule has 0 atom stereocenters. The Kier molecular flexibility index (Phi) is 6.10. The molecule has 0 fully saturated rings. The molecule has 0 bridgehead atoms. The van der Waals surface area contributed by atoms with Gasteiger partial charge in [-0.1, -0.05) is 12.1 Å². The molecule has 1 aromatic carbocycles. The van der Waals surface area contributed by atoms with Crippen LogP contribution in [0.25, 0.3) is 11.5 Å². The van der Waals surface area contributed by atoms with Gasteiger partial charge in [-0.25, -0.2) is 4.98 Å². The van der Waals surface area contributed by atoms with Crippen LogP contribution in [0, 0.1) is 13.8 Å². The van der Waals surface area contributed by atoms with Gasteiger partial charge in [0.1, 0.15) is 17.2 Å². The summed E-state index contributed by atoms with van der Waals surface area (Å²) in [5.41, 5.74) is 2.66. The van der Waals surface area contributed by atoms with Crippen molar-refractivity contribution in [2.24, 2.45) is 0 Å². The lowest BCUT2D eigenvalue weighted by molar-refractivity contribution is -0.119. The molecular weight excluding hydrogens is 378 g/mol. The normalized spacial score (nSPS) is 10.5. The third-order valence-corrected chi connectivity index (χ3v) is 4.64. The van der Waals surface area contributed by atoms with Gasteiger partial charge in [-0.05, 0) is 43.2 Å². The number of carbonyl (C=O) groups excluding carboxylic acids is 2. The number of nitrogens with one attached hydrogen (secondary N) is 2. The van der Waals surface area contributed by atoms with Crippen molar-refractivity contribution in [3.63, 3.8) is 0 Å². The molecule has 8 heteroatoms. The van der Waals surface area contributed by atoms with E-state index in [1.807, 2.05) is 32.0 Å². The van der Waals surface area contributed by atoms with E-state index in [9.17, 15) is 9.59 Å². The fourth-order valence-electron chi connectivity index (χ4n) is 2.43. The van der Waals surface area contributed by atoms with Crippen LogP contribution in [0.1, 0.15) is 23.8 Å². The largest absolute Gasteiger partial charge is 0.483 e. The molecule has 146 valence electrons. The fraction of sp³-hybridized carbons (Fsp3) is 0.250. The van der Waals surface area contributed by atoms with E-state index in [-0.39, 0.29) is 18.4 Å². The monoisotopic (exact) mass is 399 g/mol. The number of rotatable bonds is 7. The number of aromatic nitrogens is 1. The number of anilines is 1. The highest BCUT2D eigenvalue weighted by Gasteiger charge is 2.12. The highest BCUT2D eigenvalue weighted by molar-refractivity contribution is 7.14. The third-order valence-electron chi connectivity index (χ3n) is 3.88. The molecule has 28 heavy (non-hydrogen) atoms. The van der Waals surface area contributed by atoms with Gasteiger partial charge in [0, 0.05) is 12.3 Å². The first-order valence-corrected chi connectivity index (χ1v) is 9.57. The quantitative estimate of drug-likeness (QED) is 0.632. The second-order valence-electron chi connectivity index (χ2n) is 6.32. The van der Waals surface area contributed by atoms with Gasteiger partial charge in [0.05, 0.1) is 6.54 Å². The zero-order chi connectivity index (χ0) is 20.1. The summed E-state index contributed by atoms with van der Waals surface area (Å²) >= 11 is 1.30. The molecule has 2 N–H and O–H groups in total. The number of ether oxygens (including phenoxy) is 1. The number of nitrogens with zero attached hydrogens (tertiary/aromatic N) is 1. The van der Waals surface area contributed by atoms with Crippen molar-refractivity contribution >= 4 is 28.3 Å². The van der Waals surface area contributed by atoms with Crippen LogP contribution >= 0.6 is 11.3 Å². The van der Waals surface area contributed by atoms with Crippen LogP contribution in [0.2, 0.25) is 0 Å². The number of furan rings is 1. The number of carbonyl (C=O) groups is 2. The van der Waals surface area contributed by atoms with Gasteiger partial charge in [0.25, 0.3) is 5.91 Å². The molecule has 3 aromatic rings. The van der Waals surface area contributed by atoms with Crippen LogP contribution in [0.15, 0.2) is 40.1 Å². The Balaban J connectivity index is 1.56. The molecule has 0 aliphatic carbocycles. The summed E-state index contributed by atoms with van der Waals surface area (Å²) in [6, 6.07) is 9.41. The molecule has 7 nitrogen and oxygen atoms in total. The van der Waals surface area contributed by atoms with Crippen LogP contribution in [0.4, 0.5) is 5.13 Å². The molecule has 0 spiro atoms. The van der Waals surface area contributed by atoms with E-state index in [0.717, 1.165) is 11.1 Å². The molecule has 3 rings (SSSR count).